The van der Waals surface area contributed by atoms with Crippen LogP contribution in [0, 0.1) is 5.82 Å². The van der Waals surface area contributed by atoms with Crippen LogP contribution in [0.15, 0.2) is 30.5 Å². The molecule has 18 heavy (non-hydrogen) atoms. The van der Waals surface area contributed by atoms with Gasteiger partial charge in [0.15, 0.2) is 11.6 Å². The lowest BCUT2D eigenvalue weighted by Gasteiger charge is -2.15. The topological polar surface area (TPSA) is 37.8 Å². The Hall–Kier alpha value is -1.39. The van der Waals surface area contributed by atoms with Crippen LogP contribution in [0.1, 0.15) is 18.5 Å². The summed E-state index contributed by atoms with van der Waals surface area (Å²) in [6.45, 7) is 1.88. The van der Waals surface area contributed by atoms with Gasteiger partial charge in [-0.05, 0) is 36.2 Å². The third-order valence-electron chi connectivity index (χ3n) is 2.42. The second-order valence-corrected chi connectivity index (χ2v) is 4.53. The third kappa shape index (κ3) is 3.09. The molecule has 2 aromatic rings. The summed E-state index contributed by atoms with van der Waals surface area (Å²) < 4.78 is 13.5. The van der Waals surface area contributed by atoms with Crippen LogP contribution >= 0.6 is 23.2 Å². The lowest BCUT2D eigenvalue weighted by Crippen LogP contribution is -2.10. The first-order valence-electron chi connectivity index (χ1n) is 5.26. The van der Waals surface area contributed by atoms with Gasteiger partial charge in [-0.1, -0.05) is 23.7 Å². The molecule has 1 unspecified atom stereocenters. The molecule has 3 nitrogen and oxygen atoms in total. The van der Waals surface area contributed by atoms with E-state index in [4.69, 9.17) is 23.2 Å². The number of hydrogen-bond acceptors (Lipinski definition) is 3. The molecule has 94 valence electrons. The summed E-state index contributed by atoms with van der Waals surface area (Å²) in [7, 11) is 0. The van der Waals surface area contributed by atoms with Gasteiger partial charge in [0.2, 0.25) is 5.28 Å². The molecule has 1 N–H and O–H groups in total. The van der Waals surface area contributed by atoms with Gasteiger partial charge in [0, 0.05) is 5.02 Å². The van der Waals surface area contributed by atoms with Crippen LogP contribution in [0.2, 0.25) is 10.3 Å². The van der Waals surface area contributed by atoms with Gasteiger partial charge in [-0.25, -0.2) is 9.37 Å². The summed E-state index contributed by atoms with van der Waals surface area (Å²) in [6.07, 6.45) is 1.03. The average molecular weight is 286 g/mol. The molecular weight excluding hydrogens is 276 g/mol. The highest BCUT2D eigenvalue weighted by Crippen LogP contribution is 2.22. The molecule has 0 bridgehead atoms. The lowest BCUT2D eigenvalue weighted by atomic mass is 10.1. The zero-order valence-corrected chi connectivity index (χ0v) is 11.0. The number of nitrogens with one attached hydrogen (secondary N) is 1. The molecule has 1 heterocycles. The van der Waals surface area contributed by atoms with E-state index < -0.39 is 5.82 Å². The number of nitrogens with zero attached hydrogens (tertiary/aromatic N) is 2. The van der Waals surface area contributed by atoms with E-state index >= 15 is 0 Å². The van der Waals surface area contributed by atoms with E-state index in [1.54, 1.807) is 12.1 Å². The van der Waals surface area contributed by atoms with Gasteiger partial charge in [-0.15, -0.1) is 0 Å². The standard InChI is InChI=1S/C12H10Cl2FN3/c1-7(8-3-2-4-9(13)5-8)17-11-10(15)6-16-12(14)18-11/h2-7H,1H3,(H,16,17,18). The lowest BCUT2D eigenvalue weighted by molar-refractivity contribution is 0.613. The first-order chi connectivity index (χ1) is 8.56. The first kappa shape index (κ1) is 13.1. The van der Waals surface area contributed by atoms with E-state index in [1.165, 1.54) is 0 Å². The average Bonchev–Trinajstić information content (AvgIpc) is 2.34. The predicted octanol–water partition coefficient (Wildman–Crippen LogP) is 4.10. The fraction of sp³-hybridized carbons (Fsp3) is 0.167. The van der Waals surface area contributed by atoms with Crippen LogP contribution in [-0.4, -0.2) is 9.97 Å². The SMILES string of the molecule is CC(Nc1nc(Cl)ncc1F)c1cccc(Cl)c1. The molecule has 0 saturated heterocycles. The summed E-state index contributed by atoms with van der Waals surface area (Å²) >= 11 is 11.5. The van der Waals surface area contributed by atoms with Crippen LogP contribution in [0.5, 0.6) is 0 Å². The smallest absolute Gasteiger partial charge is 0.224 e. The van der Waals surface area contributed by atoms with Crippen molar-refractivity contribution in [2.75, 3.05) is 5.32 Å². The molecule has 1 atom stereocenters. The van der Waals surface area contributed by atoms with Crippen LogP contribution in [0.3, 0.4) is 0 Å². The molecule has 2 rings (SSSR count). The molecule has 0 radical (unpaired) electrons. The minimum atomic E-state index is -0.548. The van der Waals surface area contributed by atoms with Gasteiger partial charge < -0.3 is 5.32 Å². The Balaban J connectivity index is 2.21. The van der Waals surface area contributed by atoms with Gasteiger partial charge in [0.25, 0.3) is 0 Å². The number of aromatic nitrogens is 2. The van der Waals surface area contributed by atoms with E-state index in [2.05, 4.69) is 15.3 Å². The molecule has 0 spiro atoms. The summed E-state index contributed by atoms with van der Waals surface area (Å²) in [5.41, 5.74) is 0.927. The van der Waals surface area contributed by atoms with Gasteiger partial charge in [-0.3, -0.25) is 0 Å². The van der Waals surface area contributed by atoms with Crippen molar-refractivity contribution in [1.29, 1.82) is 0 Å². The highest BCUT2D eigenvalue weighted by molar-refractivity contribution is 6.30. The zero-order valence-electron chi connectivity index (χ0n) is 9.49. The Morgan fingerprint density at radius 2 is 2.11 bits per heavy atom. The van der Waals surface area contributed by atoms with Crippen LogP contribution < -0.4 is 5.32 Å². The molecule has 0 aliphatic rings. The summed E-state index contributed by atoms with van der Waals surface area (Å²) in [5, 5.41) is 3.55. The summed E-state index contributed by atoms with van der Waals surface area (Å²) in [4.78, 5) is 7.35. The fourth-order valence-electron chi connectivity index (χ4n) is 1.51. The van der Waals surface area contributed by atoms with E-state index in [-0.39, 0.29) is 17.1 Å². The van der Waals surface area contributed by atoms with Crippen molar-refractivity contribution >= 4 is 29.0 Å². The Morgan fingerprint density at radius 3 is 2.83 bits per heavy atom. The summed E-state index contributed by atoms with van der Waals surface area (Å²) in [5.74, 6) is -0.476. The fourth-order valence-corrected chi connectivity index (χ4v) is 1.84. The maximum Gasteiger partial charge on any atom is 0.224 e. The van der Waals surface area contributed by atoms with Crippen molar-refractivity contribution < 1.29 is 4.39 Å². The normalized spacial score (nSPS) is 12.2. The zero-order chi connectivity index (χ0) is 13.1. The van der Waals surface area contributed by atoms with Gasteiger partial charge in [0.05, 0.1) is 12.2 Å². The van der Waals surface area contributed by atoms with E-state index in [1.807, 2.05) is 19.1 Å². The van der Waals surface area contributed by atoms with Crippen molar-refractivity contribution in [3.63, 3.8) is 0 Å². The molecule has 6 heteroatoms. The Morgan fingerprint density at radius 1 is 1.33 bits per heavy atom. The van der Waals surface area contributed by atoms with E-state index in [0.29, 0.717) is 5.02 Å². The maximum atomic E-state index is 13.5. The molecular formula is C12H10Cl2FN3. The van der Waals surface area contributed by atoms with Crippen LogP contribution in [0.25, 0.3) is 0 Å². The Labute approximate surface area is 114 Å². The van der Waals surface area contributed by atoms with Crippen molar-refractivity contribution in [1.82, 2.24) is 9.97 Å². The van der Waals surface area contributed by atoms with Gasteiger partial charge >= 0.3 is 0 Å². The minimum Gasteiger partial charge on any atom is -0.361 e. The van der Waals surface area contributed by atoms with Crippen molar-refractivity contribution in [2.45, 2.75) is 13.0 Å². The quantitative estimate of drug-likeness (QED) is 0.863. The van der Waals surface area contributed by atoms with Crippen LogP contribution in [-0.2, 0) is 0 Å². The molecule has 0 aliphatic heterocycles. The second-order valence-electron chi connectivity index (χ2n) is 3.76. The summed E-state index contributed by atoms with van der Waals surface area (Å²) in [6, 6.07) is 7.16. The van der Waals surface area contributed by atoms with E-state index in [9.17, 15) is 4.39 Å². The number of hydrogen-bond donors (Lipinski definition) is 1. The first-order valence-corrected chi connectivity index (χ1v) is 6.02. The largest absolute Gasteiger partial charge is 0.361 e. The van der Waals surface area contributed by atoms with Crippen molar-refractivity contribution in [3.05, 3.63) is 52.1 Å². The minimum absolute atomic E-state index is 0.00260. The Bertz CT molecular complexity index is 563. The second kappa shape index (κ2) is 5.50. The molecule has 0 fully saturated rings. The number of rotatable bonds is 3. The van der Waals surface area contributed by atoms with Crippen molar-refractivity contribution in [3.8, 4) is 0 Å². The highest BCUT2D eigenvalue weighted by atomic mass is 35.5. The van der Waals surface area contributed by atoms with Gasteiger partial charge in [0.1, 0.15) is 0 Å². The molecule has 1 aromatic carbocycles. The molecule has 1 aromatic heterocycles. The monoisotopic (exact) mass is 285 g/mol. The van der Waals surface area contributed by atoms with Crippen molar-refractivity contribution in [2.24, 2.45) is 0 Å². The maximum absolute atomic E-state index is 13.5. The number of halogens is 3. The molecule has 0 aliphatic carbocycles. The molecule has 0 saturated carbocycles. The number of benzene rings is 1. The highest BCUT2D eigenvalue weighted by Gasteiger charge is 2.11. The predicted molar refractivity (Wildman–Crippen MR) is 70.5 cm³/mol. The van der Waals surface area contributed by atoms with Gasteiger partial charge in [-0.2, -0.15) is 4.98 Å². The Kier molecular flexibility index (Phi) is 3.99. The van der Waals surface area contributed by atoms with E-state index in [0.717, 1.165) is 11.8 Å². The third-order valence-corrected chi connectivity index (χ3v) is 2.83. The van der Waals surface area contributed by atoms with Crippen LogP contribution in [0.4, 0.5) is 10.2 Å². The number of anilines is 1. The molecule has 0 amide bonds.